The minimum Gasteiger partial charge on any atom is -0.494 e. The lowest BCUT2D eigenvalue weighted by Gasteiger charge is -2.19. The molecule has 0 saturated carbocycles. The number of thioether (sulfide) groups is 2. The van der Waals surface area contributed by atoms with E-state index < -0.39 is 0 Å². The smallest absolute Gasteiger partial charge is 0.227 e. The van der Waals surface area contributed by atoms with Crippen LogP contribution in [-0.4, -0.2) is 34.2 Å². The quantitative estimate of drug-likeness (QED) is 0.509. The number of benzene rings is 1. The Balaban J connectivity index is 1.65. The molecule has 25 heavy (non-hydrogen) atoms. The van der Waals surface area contributed by atoms with Gasteiger partial charge in [0.25, 0.3) is 0 Å². The summed E-state index contributed by atoms with van der Waals surface area (Å²) in [6, 6.07) is 8.30. The van der Waals surface area contributed by atoms with Crippen LogP contribution in [0.2, 0.25) is 0 Å². The summed E-state index contributed by atoms with van der Waals surface area (Å²) in [6.07, 6.45) is 0.926. The molecule has 5 nitrogen and oxygen atoms in total. The molecule has 1 heterocycles. The van der Waals surface area contributed by atoms with E-state index in [0.29, 0.717) is 6.61 Å². The first-order chi connectivity index (χ1) is 11.8. The summed E-state index contributed by atoms with van der Waals surface area (Å²) in [7, 11) is 0. The first-order valence-electron chi connectivity index (χ1n) is 7.95. The Morgan fingerprint density at radius 2 is 1.80 bits per heavy atom. The fourth-order valence-electron chi connectivity index (χ4n) is 1.91. The predicted molar refractivity (Wildman–Crippen MR) is 106 cm³/mol. The fraction of sp³-hybridized carbons (Fsp3) is 0.471. The highest BCUT2D eigenvalue weighted by molar-refractivity contribution is 8.03. The number of hydrogen-bond acceptors (Lipinski definition) is 7. The number of amides is 1. The number of ether oxygens (including phenoxy) is 1. The molecule has 0 spiro atoms. The largest absolute Gasteiger partial charge is 0.494 e. The first kappa shape index (κ1) is 20.1. The fourth-order valence-corrected chi connectivity index (χ4v) is 4.65. The van der Waals surface area contributed by atoms with E-state index in [1.807, 2.05) is 12.1 Å². The number of carbonyl (C=O) groups excluding carboxylic acids is 1. The number of aromatic nitrogens is 2. The second kappa shape index (κ2) is 9.45. The van der Waals surface area contributed by atoms with Gasteiger partial charge in [-0.05, 0) is 29.5 Å². The zero-order chi connectivity index (χ0) is 18.3. The van der Waals surface area contributed by atoms with Gasteiger partial charge in [-0.25, -0.2) is 0 Å². The lowest BCUT2D eigenvalue weighted by Crippen LogP contribution is -2.12. The van der Waals surface area contributed by atoms with Crippen LogP contribution in [0.15, 0.2) is 32.9 Å². The highest BCUT2D eigenvalue weighted by atomic mass is 32.2. The van der Waals surface area contributed by atoms with Gasteiger partial charge in [-0.2, -0.15) is 0 Å². The van der Waals surface area contributed by atoms with Crippen LogP contribution in [0.5, 0.6) is 5.75 Å². The summed E-state index contributed by atoms with van der Waals surface area (Å²) in [6.45, 7) is 7.27. The normalized spacial score (nSPS) is 11.5. The SMILES string of the molecule is CC(C)(C)c1ccc(OCCCSc2nnc(SCC(N)=O)s2)cc1. The molecule has 2 N–H and O–H groups in total. The van der Waals surface area contributed by atoms with Gasteiger partial charge in [0.15, 0.2) is 8.68 Å². The number of nitrogens with two attached hydrogens (primary N) is 1. The van der Waals surface area contributed by atoms with Gasteiger partial charge in [-0.15, -0.1) is 10.2 Å². The zero-order valence-corrected chi connectivity index (χ0v) is 17.1. The van der Waals surface area contributed by atoms with Crippen molar-refractivity contribution in [2.24, 2.45) is 5.73 Å². The third-order valence-electron chi connectivity index (χ3n) is 3.23. The molecule has 0 radical (unpaired) electrons. The second-order valence-corrected chi connectivity index (χ2v) is 9.96. The lowest BCUT2D eigenvalue weighted by atomic mass is 9.87. The average molecular weight is 398 g/mol. The average Bonchev–Trinajstić information content (AvgIpc) is 3.00. The third kappa shape index (κ3) is 7.25. The van der Waals surface area contributed by atoms with Crippen molar-refractivity contribution in [3.8, 4) is 5.75 Å². The summed E-state index contributed by atoms with van der Waals surface area (Å²) in [5, 5.41) is 8.13. The molecule has 1 aromatic carbocycles. The van der Waals surface area contributed by atoms with E-state index in [2.05, 4.69) is 43.1 Å². The van der Waals surface area contributed by atoms with Crippen LogP contribution in [0.3, 0.4) is 0 Å². The molecular formula is C17H23N3O2S3. The monoisotopic (exact) mass is 397 g/mol. The van der Waals surface area contributed by atoms with E-state index in [1.165, 1.54) is 28.7 Å². The van der Waals surface area contributed by atoms with Gasteiger partial charge in [-0.1, -0.05) is 67.8 Å². The summed E-state index contributed by atoms with van der Waals surface area (Å²) in [4.78, 5) is 10.7. The summed E-state index contributed by atoms with van der Waals surface area (Å²) in [5.41, 5.74) is 6.58. The standard InChI is InChI=1S/C17H23N3O2S3/c1-17(2,3)12-5-7-13(8-6-12)22-9-4-10-23-15-19-20-16(25-15)24-11-14(18)21/h5-8H,4,9-11H2,1-3H3,(H2,18,21). The van der Waals surface area contributed by atoms with Crippen molar-refractivity contribution in [2.45, 2.75) is 41.3 Å². The number of primary amides is 1. The van der Waals surface area contributed by atoms with E-state index in [1.54, 1.807) is 11.8 Å². The Labute approximate surface area is 161 Å². The molecule has 0 bridgehead atoms. The molecule has 0 fully saturated rings. The van der Waals surface area contributed by atoms with Crippen molar-refractivity contribution in [1.82, 2.24) is 10.2 Å². The zero-order valence-electron chi connectivity index (χ0n) is 14.7. The molecule has 0 aliphatic heterocycles. The van der Waals surface area contributed by atoms with E-state index in [4.69, 9.17) is 10.5 Å². The highest BCUT2D eigenvalue weighted by Gasteiger charge is 2.13. The van der Waals surface area contributed by atoms with Crippen LogP contribution < -0.4 is 10.5 Å². The number of rotatable bonds is 9. The number of carbonyl (C=O) groups is 1. The predicted octanol–water partition coefficient (Wildman–Crippen LogP) is 3.97. The maximum absolute atomic E-state index is 10.7. The summed E-state index contributed by atoms with van der Waals surface area (Å²) < 4.78 is 7.46. The molecule has 8 heteroatoms. The van der Waals surface area contributed by atoms with Gasteiger partial charge in [0.2, 0.25) is 5.91 Å². The van der Waals surface area contributed by atoms with E-state index in [-0.39, 0.29) is 17.1 Å². The van der Waals surface area contributed by atoms with Crippen molar-refractivity contribution in [3.63, 3.8) is 0 Å². The van der Waals surface area contributed by atoms with Gasteiger partial charge in [0.1, 0.15) is 5.75 Å². The summed E-state index contributed by atoms with van der Waals surface area (Å²) >= 11 is 4.47. The van der Waals surface area contributed by atoms with Gasteiger partial charge >= 0.3 is 0 Å². The van der Waals surface area contributed by atoms with Crippen molar-refractivity contribution >= 4 is 40.8 Å². The molecule has 2 aromatic rings. The number of nitrogens with zero attached hydrogens (tertiary/aromatic N) is 2. The molecule has 0 saturated heterocycles. The van der Waals surface area contributed by atoms with Gasteiger partial charge in [0.05, 0.1) is 12.4 Å². The first-order valence-corrected chi connectivity index (χ1v) is 10.7. The molecule has 0 aliphatic rings. The van der Waals surface area contributed by atoms with Gasteiger partial charge in [-0.3, -0.25) is 4.79 Å². The van der Waals surface area contributed by atoms with Crippen LogP contribution in [0.25, 0.3) is 0 Å². The molecule has 2 rings (SSSR count). The van der Waals surface area contributed by atoms with Crippen molar-refractivity contribution < 1.29 is 9.53 Å². The van der Waals surface area contributed by atoms with Crippen LogP contribution in [0, 0.1) is 0 Å². The van der Waals surface area contributed by atoms with Gasteiger partial charge in [0, 0.05) is 5.75 Å². The Morgan fingerprint density at radius 3 is 2.40 bits per heavy atom. The van der Waals surface area contributed by atoms with Crippen molar-refractivity contribution in [1.29, 1.82) is 0 Å². The van der Waals surface area contributed by atoms with Crippen LogP contribution in [0.1, 0.15) is 32.8 Å². The van der Waals surface area contributed by atoms with Crippen LogP contribution >= 0.6 is 34.9 Å². The minimum atomic E-state index is -0.345. The Bertz CT molecular complexity index is 681. The maximum Gasteiger partial charge on any atom is 0.227 e. The molecule has 0 unspecified atom stereocenters. The van der Waals surface area contributed by atoms with Crippen LogP contribution in [0.4, 0.5) is 0 Å². The Morgan fingerprint density at radius 1 is 1.16 bits per heavy atom. The van der Waals surface area contributed by atoms with Crippen LogP contribution in [-0.2, 0) is 10.2 Å². The lowest BCUT2D eigenvalue weighted by molar-refractivity contribution is -0.115. The number of hydrogen-bond donors (Lipinski definition) is 1. The van der Waals surface area contributed by atoms with Crippen molar-refractivity contribution in [2.75, 3.05) is 18.1 Å². The van der Waals surface area contributed by atoms with E-state index in [9.17, 15) is 4.79 Å². The maximum atomic E-state index is 10.7. The van der Waals surface area contributed by atoms with Crippen molar-refractivity contribution in [3.05, 3.63) is 29.8 Å². The molecule has 0 atom stereocenters. The molecule has 136 valence electrons. The summed E-state index contributed by atoms with van der Waals surface area (Å²) in [5.74, 6) is 1.71. The third-order valence-corrected chi connectivity index (χ3v) is 6.53. The van der Waals surface area contributed by atoms with E-state index >= 15 is 0 Å². The van der Waals surface area contributed by atoms with Gasteiger partial charge < -0.3 is 10.5 Å². The topological polar surface area (TPSA) is 78.1 Å². The molecule has 1 amide bonds. The molecule has 0 aliphatic carbocycles. The minimum absolute atomic E-state index is 0.158. The van der Waals surface area contributed by atoms with E-state index in [0.717, 1.165) is 26.6 Å². The Kier molecular flexibility index (Phi) is 7.58. The Hall–Kier alpha value is -1.25. The highest BCUT2D eigenvalue weighted by Crippen LogP contribution is 2.29. The molecular weight excluding hydrogens is 374 g/mol. The molecule has 1 aromatic heterocycles. The second-order valence-electron chi connectivity index (χ2n) is 6.41.